The maximum atomic E-state index is 10.9. The summed E-state index contributed by atoms with van der Waals surface area (Å²) in [6.45, 7) is 1.11. The number of likely N-dealkylation sites (tertiary alicyclic amines) is 1. The van der Waals surface area contributed by atoms with Crippen molar-refractivity contribution in [3.8, 4) is 0 Å². The van der Waals surface area contributed by atoms with Gasteiger partial charge in [0.15, 0.2) is 0 Å². The molecule has 0 unspecified atom stereocenters. The van der Waals surface area contributed by atoms with Crippen LogP contribution in [-0.2, 0) is 4.74 Å². The first-order valence-electron chi connectivity index (χ1n) is 3.75. The van der Waals surface area contributed by atoms with E-state index in [1.807, 2.05) is 0 Å². The van der Waals surface area contributed by atoms with E-state index in [1.165, 1.54) is 12.0 Å². The van der Waals surface area contributed by atoms with E-state index in [4.69, 9.17) is 0 Å². The summed E-state index contributed by atoms with van der Waals surface area (Å²) in [4.78, 5) is 12.4. The maximum absolute atomic E-state index is 10.9. The molecule has 0 aromatic carbocycles. The van der Waals surface area contributed by atoms with Gasteiger partial charge in [0, 0.05) is 13.1 Å². The number of amides is 1. The summed E-state index contributed by atoms with van der Waals surface area (Å²) in [5.41, 5.74) is 0. The third-order valence-electron chi connectivity index (χ3n) is 1.83. The lowest BCUT2D eigenvalue weighted by Crippen LogP contribution is -2.42. The molecule has 0 aromatic heterocycles. The van der Waals surface area contributed by atoms with E-state index in [2.05, 4.69) is 4.74 Å². The number of aliphatic hydroxyl groups is 1. The zero-order valence-electron chi connectivity index (χ0n) is 6.62. The Hall–Kier alpha value is -0.770. The lowest BCUT2D eigenvalue weighted by Gasteiger charge is -2.28. The number of aliphatic hydroxyl groups excluding tert-OH is 1. The quantitative estimate of drug-likeness (QED) is 0.549. The third-order valence-corrected chi connectivity index (χ3v) is 1.83. The minimum absolute atomic E-state index is 0.344. The Morgan fingerprint density at radius 3 is 3.00 bits per heavy atom. The lowest BCUT2D eigenvalue weighted by atomic mass is 10.1. The highest BCUT2D eigenvalue weighted by atomic mass is 16.5. The van der Waals surface area contributed by atoms with Gasteiger partial charge in [-0.25, -0.2) is 4.79 Å². The summed E-state index contributed by atoms with van der Waals surface area (Å²) < 4.78 is 4.51. The molecule has 0 spiro atoms. The van der Waals surface area contributed by atoms with E-state index in [-0.39, 0.29) is 12.2 Å². The van der Waals surface area contributed by atoms with Gasteiger partial charge < -0.3 is 14.7 Å². The molecule has 1 saturated heterocycles. The Morgan fingerprint density at radius 2 is 2.45 bits per heavy atom. The van der Waals surface area contributed by atoms with Crippen LogP contribution in [0.25, 0.3) is 0 Å². The summed E-state index contributed by atoms with van der Waals surface area (Å²) in [6, 6.07) is 0. The molecule has 0 aromatic rings. The predicted molar refractivity (Wildman–Crippen MR) is 39.2 cm³/mol. The van der Waals surface area contributed by atoms with Crippen molar-refractivity contribution in [2.75, 3.05) is 20.2 Å². The second-order valence-corrected chi connectivity index (χ2v) is 2.71. The Kier molecular flexibility index (Phi) is 2.70. The van der Waals surface area contributed by atoms with Gasteiger partial charge in [-0.1, -0.05) is 0 Å². The van der Waals surface area contributed by atoms with Crippen molar-refractivity contribution in [1.29, 1.82) is 0 Å². The van der Waals surface area contributed by atoms with Gasteiger partial charge >= 0.3 is 6.09 Å². The smallest absolute Gasteiger partial charge is 0.409 e. The maximum Gasteiger partial charge on any atom is 0.409 e. The highest BCUT2D eigenvalue weighted by molar-refractivity contribution is 5.67. The van der Waals surface area contributed by atoms with E-state index >= 15 is 0 Å². The summed E-state index contributed by atoms with van der Waals surface area (Å²) in [7, 11) is 1.35. The molecule has 4 heteroatoms. The topological polar surface area (TPSA) is 49.8 Å². The van der Waals surface area contributed by atoms with E-state index in [1.54, 1.807) is 0 Å². The molecule has 1 fully saturated rings. The number of piperidine rings is 1. The number of methoxy groups -OCH3 is 1. The van der Waals surface area contributed by atoms with Crippen molar-refractivity contribution >= 4 is 6.09 Å². The molecule has 1 heterocycles. The molecule has 1 aliphatic rings. The van der Waals surface area contributed by atoms with Crippen molar-refractivity contribution in [2.24, 2.45) is 0 Å². The SMILES string of the molecule is COC(=O)N1CCC[C@H](O)C1. The zero-order chi connectivity index (χ0) is 8.27. The molecule has 1 amide bonds. The van der Waals surface area contributed by atoms with Crippen LogP contribution in [0.3, 0.4) is 0 Å². The molecule has 64 valence electrons. The first kappa shape index (κ1) is 8.33. The van der Waals surface area contributed by atoms with E-state index in [9.17, 15) is 9.90 Å². The zero-order valence-corrected chi connectivity index (χ0v) is 6.62. The molecule has 0 radical (unpaired) electrons. The Bertz CT molecular complexity index is 149. The Morgan fingerprint density at radius 1 is 1.73 bits per heavy atom. The van der Waals surface area contributed by atoms with Crippen LogP contribution in [0.1, 0.15) is 12.8 Å². The standard InChI is InChI=1S/C7H13NO3/c1-11-7(10)8-4-2-3-6(9)5-8/h6,9H,2-5H2,1H3/t6-/m0/s1. The second-order valence-electron chi connectivity index (χ2n) is 2.71. The van der Waals surface area contributed by atoms with Gasteiger partial charge in [-0.2, -0.15) is 0 Å². The van der Waals surface area contributed by atoms with Crippen molar-refractivity contribution in [2.45, 2.75) is 18.9 Å². The molecule has 0 saturated carbocycles. The highest BCUT2D eigenvalue weighted by Crippen LogP contribution is 2.10. The Balaban J connectivity index is 2.39. The summed E-state index contributed by atoms with van der Waals surface area (Å²) in [5, 5.41) is 9.17. The molecular formula is C7H13NO3. The molecule has 1 atom stereocenters. The van der Waals surface area contributed by atoms with Crippen LogP contribution < -0.4 is 0 Å². The molecule has 1 aliphatic heterocycles. The van der Waals surface area contributed by atoms with Gasteiger partial charge in [-0.3, -0.25) is 0 Å². The van der Waals surface area contributed by atoms with E-state index in [0.717, 1.165) is 12.8 Å². The van der Waals surface area contributed by atoms with Crippen LogP contribution in [0.15, 0.2) is 0 Å². The van der Waals surface area contributed by atoms with Crippen molar-refractivity contribution in [3.63, 3.8) is 0 Å². The van der Waals surface area contributed by atoms with Gasteiger partial charge in [0.05, 0.1) is 13.2 Å². The summed E-state index contributed by atoms with van der Waals surface area (Å²) >= 11 is 0. The molecule has 1 N–H and O–H groups in total. The number of carbonyl (C=O) groups is 1. The van der Waals surface area contributed by atoms with E-state index < -0.39 is 0 Å². The molecule has 4 nitrogen and oxygen atoms in total. The fourth-order valence-corrected chi connectivity index (χ4v) is 1.25. The number of rotatable bonds is 0. The average molecular weight is 159 g/mol. The number of ether oxygens (including phenoxy) is 1. The molecule has 11 heavy (non-hydrogen) atoms. The van der Waals surface area contributed by atoms with Gasteiger partial charge in [0.25, 0.3) is 0 Å². The third kappa shape index (κ3) is 2.08. The fourth-order valence-electron chi connectivity index (χ4n) is 1.25. The van der Waals surface area contributed by atoms with Crippen molar-refractivity contribution in [1.82, 2.24) is 4.90 Å². The second kappa shape index (κ2) is 3.57. The van der Waals surface area contributed by atoms with Crippen molar-refractivity contribution < 1.29 is 14.6 Å². The number of hydrogen-bond donors (Lipinski definition) is 1. The number of β-amino-alcohol motifs (C(OH)–C–C–N with tert-alkyl or cyclic N) is 1. The van der Waals surface area contributed by atoms with Crippen LogP contribution in [0.5, 0.6) is 0 Å². The number of carbonyl (C=O) groups excluding carboxylic acids is 1. The monoisotopic (exact) mass is 159 g/mol. The first-order chi connectivity index (χ1) is 5.24. The molecule has 0 bridgehead atoms. The summed E-state index contributed by atoms with van der Waals surface area (Å²) in [6.07, 6.45) is 0.927. The van der Waals surface area contributed by atoms with Crippen LogP contribution in [0, 0.1) is 0 Å². The minimum Gasteiger partial charge on any atom is -0.453 e. The lowest BCUT2D eigenvalue weighted by molar-refractivity contribution is 0.0580. The summed E-state index contributed by atoms with van der Waals surface area (Å²) in [5.74, 6) is 0. The van der Waals surface area contributed by atoms with Gasteiger partial charge in [-0.05, 0) is 12.8 Å². The normalized spacial score (nSPS) is 24.9. The first-order valence-corrected chi connectivity index (χ1v) is 3.75. The average Bonchev–Trinajstić information content (AvgIpc) is 2.03. The van der Waals surface area contributed by atoms with Crippen LogP contribution >= 0.6 is 0 Å². The molecule has 0 aliphatic carbocycles. The van der Waals surface area contributed by atoms with E-state index in [0.29, 0.717) is 13.1 Å². The highest BCUT2D eigenvalue weighted by Gasteiger charge is 2.21. The van der Waals surface area contributed by atoms with Gasteiger partial charge in [0.1, 0.15) is 0 Å². The van der Waals surface area contributed by atoms with Gasteiger partial charge in [-0.15, -0.1) is 0 Å². The van der Waals surface area contributed by atoms with Crippen LogP contribution in [0.4, 0.5) is 4.79 Å². The largest absolute Gasteiger partial charge is 0.453 e. The Labute approximate surface area is 65.8 Å². The van der Waals surface area contributed by atoms with Crippen LogP contribution in [-0.4, -0.2) is 42.4 Å². The fraction of sp³-hybridized carbons (Fsp3) is 0.857. The van der Waals surface area contributed by atoms with Crippen molar-refractivity contribution in [3.05, 3.63) is 0 Å². The minimum atomic E-state index is -0.372. The van der Waals surface area contributed by atoms with Crippen LogP contribution in [0.2, 0.25) is 0 Å². The molecular weight excluding hydrogens is 146 g/mol. The molecule has 1 rings (SSSR count). The number of nitrogens with zero attached hydrogens (tertiary/aromatic N) is 1. The predicted octanol–water partition coefficient (Wildman–Crippen LogP) is 0.209. The van der Waals surface area contributed by atoms with Gasteiger partial charge in [0.2, 0.25) is 0 Å². The number of hydrogen-bond acceptors (Lipinski definition) is 3.